The number of nitrogens with zero attached hydrogens (tertiary/aromatic N) is 2. The van der Waals surface area contributed by atoms with E-state index in [1.165, 1.54) is 10.5 Å². The van der Waals surface area contributed by atoms with Gasteiger partial charge in [0.2, 0.25) is 23.5 Å². The molecule has 6 amide bonds. The number of allylic oxidation sites excluding steroid dienone is 1. The summed E-state index contributed by atoms with van der Waals surface area (Å²) in [6.45, 7) is 14.2. The van der Waals surface area contributed by atoms with E-state index in [0.29, 0.717) is 25.4 Å². The van der Waals surface area contributed by atoms with E-state index in [-0.39, 0.29) is 24.8 Å². The molecule has 4 rings (SSSR count). The van der Waals surface area contributed by atoms with Crippen LogP contribution < -0.4 is 21.7 Å². The van der Waals surface area contributed by atoms with E-state index >= 15 is 0 Å². The SMILES string of the molecule is CC1C=CC2=C(C1)CN(C(=O)[C@@H](NC(=O)N[C@H](C(=O)N1CC[C@H](C(Cl)Cl)[C@H]1C(=O)NC(CC1CC1)C(=O)C(N)=O)C(C)(C)C)C(C)(C)C)C2. The first kappa shape index (κ1) is 38.7. The van der Waals surface area contributed by atoms with E-state index in [4.69, 9.17) is 28.9 Å². The zero-order chi connectivity index (χ0) is 36.6. The number of nitrogens with one attached hydrogen (secondary N) is 3. The van der Waals surface area contributed by atoms with Crippen LogP contribution in [0.5, 0.6) is 0 Å². The molecule has 0 aromatic carbocycles. The number of carbonyl (C=O) groups is 6. The van der Waals surface area contributed by atoms with Crippen LogP contribution in [0.2, 0.25) is 0 Å². The topological polar surface area (TPSA) is 171 Å². The highest BCUT2D eigenvalue weighted by molar-refractivity contribution is 6.44. The first-order chi connectivity index (χ1) is 22.7. The Morgan fingerprint density at radius 2 is 1.49 bits per heavy atom. The van der Waals surface area contributed by atoms with Gasteiger partial charge >= 0.3 is 6.03 Å². The fourth-order valence-electron chi connectivity index (χ4n) is 6.92. The van der Waals surface area contributed by atoms with Gasteiger partial charge in [0.1, 0.15) is 23.0 Å². The number of primary amides is 1. The number of carbonyl (C=O) groups excluding carboxylic acids is 6. The molecule has 0 spiro atoms. The van der Waals surface area contributed by atoms with Crippen LogP contribution in [0.15, 0.2) is 23.3 Å². The van der Waals surface area contributed by atoms with Crippen molar-refractivity contribution in [3.05, 3.63) is 23.3 Å². The van der Waals surface area contributed by atoms with Gasteiger partial charge in [0.15, 0.2) is 0 Å². The average Bonchev–Trinajstić information content (AvgIpc) is 3.52. The van der Waals surface area contributed by atoms with E-state index < -0.39 is 75.3 Å². The summed E-state index contributed by atoms with van der Waals surface area (Å²) in [6, 6.07) is -5.01. The van der Waals surface area contributed by atoms with Gasteiger partial charge in [0.25, 0.3) is 5.91 Å². The normalized spacial score (nSPS) is 24.3. The van der Waals surface area contributed by atoms with Crippen LogP contribution in [0.3, 0.4) is 0 Å². The van der Waals surface area contributed by atoms with E-state index in [1.807, 2.05) is 20.8 Å². The van der Waals surface area contributed by atoms with Crippen LogP contribution in [-0.2, 0) is 24.0 Å². The van der Waals surface area contributed by atoms with Crippen molar-refractivity contribution in [2.24, 2.45) is 34.3 Å². The number of alkyl halides is 2. The Hall–Kier alpha value is -3.12. The van der Waals surface area contributed by atoms with E-state index in [0.717, 1.165) is 24.8 Å². The molecular weight excluding hydrogens is 671 g/mol. The highest BCUT2D eigenvalue weighted by atomic mass is 35.5. The van der Waals surface area contributed by atoms with Crippen molar-refractivity contribution < 1.29 is 28.8 Å². The molecule has 1 saturated heterocycles. The van der Waals surface area contributed by atoms with Gasteiger partial charge in [-0.05, 0) is 53.1 Å². The fourth-order valence-corrected chi connectivity index (χ4v) is 7.45. The van der Waals surface area contributed by atoms with Crippen molar-refractivity contribution in [3.63, 3.8) is 0 Å². The molecule has 14 heteroatoms. The Balaban J connectivity index is 1.51. The van der Waals surface area contributed by atoms with Crippen molar-refractivity contribution in [1.29, 1.82) is 0 Å². The molecule has 12 nitrogen and oxygen atoms in total. The molecule has 272 valence electrons. The van der Waals surface area contributed by atoms with Crippen LogP contribution in [0.1, 0.15) is 80.6 Å². The molecule has 5 N–H and O–H groups in total. The Morgan fingerprint density at radius 1 is 0.898 bits per heavy atom. The number of nitrogens with two attached hydrogens (primary N) is 1. The number of hydrogen-bond acceptors (Lipinski definition) is 6. The van der Waals surface area contributed by atoms with Gasteiger partial charge in [-0.15, -0.1) is 23.2 Å². The second-order valence-electron chi connectivity index (χ2n) is 16.3. The third-order valence-corrected chi connectivity index (χ3v) is 10.6. The molecule has 2 fully saturated rings. The quantitative estimate of drug-likeness (QED) is 0.189. The minimum absolute atomic E-state index is 0.118. The number of rotatable bonds is 11. The number of ketones is 1. The van der Waals surface area contributed by atoms with E-state index in [9.17, 15) is 28.8 Å². The predicted octanol–water partition coefficient (Wildman–Crippen LogP) is 3.21. The summed E-state index contributed by atoms with van der Waals surface area (Å²) >= 11 is 12.6. The predicted molar refractivity (Wildman–Crippen MR) is 187 cm³/mol. The minimum atomic E-state index is -1.17. The van der Waals surface area contributed by atoms with Gasteiger partial charge in [-0.1, -0.05) is 73.5 Å². The van der Waals surface area contributed by atoms with Crippen molar-refractivity contribution in [2.45, 2.75) is 110 Å². The molecular formula is C35H52Cl2N6O6. The maximum atomic E-state index is 14.3. The number of likely N-dealkylation sites (tertiary alicyclic amines) is 1. The Morgan fingerprint density at radius 3 is 2.02 bits per heavy atom. The first-order valence-corrected chi connectivity index (χ1v) is 18.0. The lowest BCUT2D eigenvalue weighted by Crippen LogP contribution is -2.63. The van der Waals surface area contributed by atoms with Crippen LogP contribution in [0.4, 0.5) is 4.79 Å². The maximum absolute atomic E-state index is 14.3. The maximum Gasteiger partial charge on any atom is 0.316 e. The standard InChI is InChI=1S/C35H52Cl2N6O6/c1-18-8-11-20-16-42(17-21(20)14-18)31(47)26(34(2,3)4)40-33(49)41-27(35(5,6)7)32(48)43-13-12-22(28(36)37)24(43)30(46)39-23(15-19-9-10-19)25(44)29(38)45/h8,11,18-19,22-24,26-28H,9-10,12-17H2,1-7H3,(H2,38,45)(H,39,46)(H2,40,41,49)/t18?,22-,23?,24-,26+,27+/m0/s1. The van der Waals surface area contributed by atoms with Crippen molar-refractivity contribution in [2.75, 3.05) is 19.6 Å². The van der Waals surface area contributed by atoms with Gasteiger partial charge in [0, 0.05) is 25.6 Å². The Kier molecular flexibility index (Phi) is 11.8. The second-order valence-corrected chi connectivity index (χ2v) is 17.5. The summed E-state index contributed by atoms with van der Waals surface area (Å²) in [6.07, 6.45) is 7.42. The fraction of sp³-hybridized carbons (Fsp3) is 0.714. The van der Waals surface area contributed by atoms with Crippen LogP contribution in [0.25, 0.3) is 0 Å². The number of amides is 6. The lowest BCUT2D eigenvalue weighted by molar-refractivity contribution is -0.144. The number of halogens is 2. The van der Waals surface area contributed by atoms with Gasteiger partial charge in [-0.3, -0.25) is 24.0 Å². The zero-order valence-corrected chi connectivity index (χ0v) is 31.1. The second kappa shape index (κ2) is 15.0. The molecule has 0 aromatic rings. The Labute approximate surface area is 299 Å². The summed E-state index contributed by atoms with van der Waals surface area (Å²) in [5.74, 6) is -3.59. The van der Waals surface area contributed by atoms with Crippen LogP contribution in [0, 0.1) is 28.6 Å². The lowest BCUT2D eigenvalue weighted by Gasteiger charge is -2.38. The molecule has 0 aromatic heterocycles. The lowest BCUT2D eigenvalue weighted by atomic mass is 9.85. The first-order valence-electron chi connectivity index (χ1n) is 17.2. The average molecular weight is 724 g/mol. The van der Waals surface area contributed by atoms with Gasteiger partial charge in [-0.25, -0.2) is 4.79 Å². The van der Waals surface area contributed by atoms with Gasteiger partial charge in [0.05, 0.1) is 6.04 Å². The van der Waals surface area contributed by atoms with E-state index in [2.05, 4.69) is 35.0 Å². The summed E-state index contributed by atoms with van der Waals surface area (Å²) in [5, 5.41) is 8.31. The zero-order valence-electron chi connectivity index (χ0n) is 29.6. The van der Waals surface area contributed by atoms with Crippen molar-refractivity contribution in [3.8, 4) is 0 Å². The largest absolute Gasteiger partial charge is 0.363 e. The third kappa shape index (κ3) is 9.36. The molecule has 6 atom stereocenters. The molecule has 4 aliphatic rings. The molecule has 2 aliphatic carbocycles. The highest BCUT2D eigenvalue weighted by Crippen LogP contribution is 2.37. The molecule has 2 heterocycles. The molecule has 49 heavy (non-hydrogen) atoms. The van der Waals surface area contributed by atoms with Crippen LogP contribution in [-0.4, -0.2) is 93.9 Å². The molecule has 2 unspecified atom stereocenters. The number of hydrogen-bond donors (Lipinski definition) is 4. The van der Waals surface area contributed by atoms with Crippen molar-refractivity contribution in [1.82, 2.24) is 25.8 Å². The van der Waals surface area contributed by atoms with E-state index in [1.54, 1.807) is 25.7 Å². The highest BCUT2D eigenvalue weighted by Gasteiger charge is 2.49. The van der Waals surface area contributed by atoms with Gasteiger partial charge in [-0.2, -0.15) is 0 Å². The van der Waals surface area contributed by atoms with Crippen molar-refractivity contribution >= 4 is 58.6 Å². The number of urea groups is 1. The third-order valence-electron chi connectivity index (χ3n) is 9.94. The summed E-state index contributed by atoms with van der Waals surface area (Å²) in [7, 11) is 0. The number of Topliss-reactive ketones (excluding diaryl/α,β-unsaturated/α-hetero) is 1. The van der Waals surface area contributed by atoms with Crippen LogP contribution >= 0.6 is 23.2 Å². The Bertz CT molecular complexity index is 1410. The van der Waals surface area contributed by atoms with Gasteiger partial charge < -0.3 is 31.5 Å². The summed E-state index contributed by atoms with van der Waals surface area (Å²) < 4.78 is 0. The summed E-state index contributed by atoms with van der Waals surface area (Å²) in [5.41, 5.74) is 6.17. The summed E-state index contributed by atoms with van der Waals surface area (Å²) in [4.78, 5) is 82.1. The molecule has 1 saturated carbocycles. The smallest absolute Gasteiger partial charge is 0.316 e. The molecule has 2 aliphatic heterocycles. The molecule has 0 bridgehead atoms. The minimum Gasteiger partial charge on any atom is -0.363 e. The monoisotopic (exact) mass is 722 g/mol. The molecule has 0 radical (unpaired) electrons.